The van der Waals surface area contributed by atoms with Crippen molar-refractivity contribution in [3.05, 3.63) is 52.9 Å². The van der Waals surface area contributed by atoms with Gasteiger partial charge in [0.15, 0.2) is 9.84 Å². The predicted octanol–water partition coefficient (Wildman–Crippen LogP) is 2.67. The fourth-order valence-corrected chi connectivity index (χ4v) is 3.28. The molecule has 0 aliphatic heterocycles. The zero-order valence-electron chi connectivity index (χ0n) is 12.2. The lowest BCUT2D eigenvalue weighted by atomic mass is 10.4. The fraction of sp³-hybridized carbons (Fsp3) is 0.267. The Morgan fingerprint density at radius 3 is 2.36 bits per heavy atom. The summed E-state index contributed by atoms with van der Waals surface area (Å²) in [7, 11) is -2.15. The van der Waals surface area contributed by atoms with Crippen molar-refractivity contribution in [2.75, 3.05) is 12.8 Å². The van der Waals surface area contributed by atoms with Crippen LogP contribution < -0.4 is 0 Å². The molecule has 1 aromatic carbocycles. The number of carbonyl (C=O) groups is 1. The summed E-state index contributed by atoms with van der Waals surface area (Å²) < 4.78 is 29.8. The van der Waals surface area contributed by atoms with Crippen LogP contribution in [0.1, 0.15) is 11.5 Å². The van der Waals surface area contributed by atoms with E-state index < -0.39 is 21.5 Å². The van der Waals surface area contributed by atoms with E-state index in [0.717, 1.165) is 5.76 Å². The highest BCUT2D eigenvalue weighted by Crippen LogP contribution is 2.16. The summed E-state index contributed by atoms with van der Waals surface area (Å²) in [6.45, 7) is 2.03. The zero-order valence-corrected chi connectivity index (χ0v) is 13.8. The van der Waals surface area contributed by atoms with Crippen LogP contribution in [0, 0.1) is 6.92 Å². The van der Waals surface area contributed by atoms with E-state index in [1.54, 1.807) is 19.1 Å². The largest absolute Gasteiger partial charge is 0.464 e. The highest BCUT2D eigenvalue weighted by atomic mass is 35.5. The fourth-order valence-electron chi connectivity index (χ4n) is 1.89. The smallest absolute Gasteiger partial charge is 0.238 e. The van der Waals surface area contributed by atoms with E-state index in [9.17, 15) is 13.2 Å². The van der Waals surface area contributed by atoms with E-state index in [-0.39, 0.29) is 11.4 Å². The Kier molecular flexibility index (Phi) is 4.93. The van der Waals surface area contributed by atoms with Crippen LogP contribution in [-0.4, -0.2) is 32.0 Å². The molecule has 0 saturated carbocycles. The second kappa shape index (κ2) is 6.54. The van der Waals surface area contributed by atoms with E-state index in [2.05, 4.69) is 0 Å². The molecule has 0 bridgehead atoms. The first-order valence-electron chi connectivity index (χ1n) is 6.55. The molecule has 0 aliphatic rings. The molecular formula is C15H16ClNO4S. The van der Waals surface area contributed by atoms with Crippen LogP contribution in [0.3, 0.4) is 0 Å². The van der Waals surface area contributed by atoms with Crippen LogP contribution in [0.25, 0.3) is 0 Å². The molecule has 2 aromatic rings. The number of rotatable bonds is 5. The van der Waals surface area contributed by atoms with Crippen LogP contribution in [0.15, 0.2) is 45.7 Å². The minimum atomic E-state index is -3.69. The van der Waals surface area contributed by atoms with E-state index in [1.807, 2.05) is 0 Å². The summed E-state index contributed by atoms with van der Waals surface area (Å²) in [5.41, 5.74) is 0. The molecule has 0 unspecified atom stereocenters. The van der Waals surface area contributed by atoms with Gasteiger partial charge in [-0.2, -0.15) is 0 Å². The number of hydrogen-bond donors (Lipinski definition) is 0. The van der Waals surface area contributed by atoms with E-state index in [1.165, 1.54) is 36.2 Å². The van der Waals surface area contributed by atoms with Crippen molar-refractivity contribution in [3.63, 3.8) is 0 Å². The molecule has 0 radical (unpaired) electrons. The van der Waals surface area contributed by atoms with Crippen LogP contribution in [0.2, 0.25) is 5.02 Å². The van der Waals surface area contributed by atoms with Crippen molar-refractivity contribution in [3.8, 4) is 0 Å². The quantitative estimate of drug-likeness (QED) is 0.838. The molecule has 0 aliphatic carbocycles. The van der Waals surface area contributed by atoms with Gasteiger partial charge in [-0.3, -0.25) is 4.79 Å². The molecule has 22 heavy (non-hydrogen) atoms. The highest BCUT2D eigenvalue weighted by molar-refractivity contribution is 7.92. The number of hydrogen-bond acceptors (Lipinski definition) is 4. The number of nitrogens with zero attached hydrogens (tertiary/aromatic N) is 1. The van der Waals surface area contributed by atoms with Gasteiger partial charge in [-0.25, -0.2) is 8.42 Å². The van der Waals surface area contributed by atoms with Gasteiger partial charge >= 0.3 is 0 Å². The molecule has 118 valence electrons. The monoisotopic (exact) mass is 341 g/mol. The lowest BCUT2D eigenvalue weighted by molar-refractivity contribution is -0.127. The lowest BCUT2D eigenvalue weighted by Gasteiger charge is -2.15. The van der Waals surface area contributed by atoms with Crippen molar-refractivity contribution in [1.29, 1.82) is 0 Å². The number of aryl methyl sites for hydroxylation is 1. The average molecular weight is 342 g/mol. The van der Waals surface area contributed by atoms with Crippen LogP contribution in [0.4, 0.5) is 0 Å². The normalized spacial score (nSPS) is 11.4. The molecule has 1 amide bonds. The van der Waals surface area contributed by atoms with Gasteiger partial charge in [-0.15, -0.1) is 0 Å². The predicted molar refractivity (Wildman–Crippen MR) is 83.4 cm³/mol. The molecule has 7 heteroatoms. The molecule has 0 N–H and O–H groups in total. The number of carbonyl (C=O) groups excluding carboxylic acids is 1. The third-order valence-electron chi connectivity index (χ3n) is 3.10. The molecule has 5 nitrogen and oxygen atoms in total. The van der Waals surface area contributed by atoms with Gasteiger partial charge in [-0.1, -0.05) is 11.6 Å². The molecule has 0 fully saturated rings. The van der Waals surface area contributed by atoms with Gasteiger partial charge in [0.1, 0.15) is 17.3 Å². The average Bonchev–Trinajstić information content (AvgIpc) is 2.84. The molecular weight excluding hydrogens is 326 g/mol. The van der Waals surface area contributed by atoms with E-state index >= 15 is 0 Å². The van der Waals surface area contributed by atoms with Gasteiger partial charge in [-0.05, 0) is 43.3 Å². The topological polar surface area (TPSA) is 67.6 Å². The SMILES string of the molecule is Cc1ccc(CN(C)C(=O)CS(=O)(=O)c2ccc(Cl)cc2)o1. The van der Waals surface area contributed by atoms with E-state index in [4.69, 9.17) is 16.0 Å². The Hall–Kier alpha value is -1.79. The summed E-state index contributed by atoms with van der Waals surface area (Å²) in [6, 6.07) is 9.29. The summed E-state index contributed by atoms with van der Waals surface area (Å²) in [4.78, 5) is 13.5. The Balaban J connectivity index is 2.05. The molecule has 2 rings (SSSR count). The first-order chi connectivity index (χ1) is 10.3. The number of amides is 1. The number of halogens is 1. The standard InChI is InChI=1S/C15H16ClNO4S/c1-11-3-6-13(21-11)9-17(2)15(18)10-22(19,20)14-7-4-12(16)5-8-14/h3-8H,9-10H2,1-2H3. The van der Waals surface area contributed by atoms with Crippen LogP contribution >= 0.6 is 11.6 Å². The van der Waals surface area contributed by atoms with Crippen molar-refractivity contribution in [2.24, 2.45) is 0 Å². The highest BCUT2D eigenvalue weighted by Gasteiger charge is 2.22. The third-order valence-corrected chi connectivity index (χ3v) is 4.97. The zero-order chi connectivity index (χ0) is 16.3. The van der Waals surface area contributed by atoms with Crippen LogP contribution in [-0.2, 0) is 21.2 Å². The third kappa shape index (κ3) is 4.11. The molecule has 0 spiro atoms. The number of benzene rings is 1. The summed E-state index contributed by atoms with van der Waals surface area (Å²) in [5.74, 6) is 0.260. The molecule has 1 heterocycles. The first-order valence-corrected chi connectivity index (χ1v) is 8.58. The second-order valence-electron chi connectivity index (χ2n) is 4.98. The molecule has 0 saturated heterocycles. The summed E-state index contributed by atoms with van der Waals surface area (Å²) in [6.07, 6.45) is 0. The van der Waals surface area contributed by atoms with Crippen molar-refractivity contribution in [2.45, 2.75) is 18.4 Å². The van der Waals surface area contributed by atoms with E-state index in [0.29, 0.717) is 10.8 Å². The van der Waals surface area contributed by atoms with Crippen molar-refractivity contribution < 1.29 is 17.6 Å². The lowest BCUT2D eigenvalue weighted by Crippen LogP contribution is -2.32. The maximum atomic E-state index is 12.2. The number of sulfone groups is 1. The van der Waals surface area contributed by atoms with Crippen molar-refractivity contribution >= 4 is 27.3 Å². The van der Waals surface area contributed by atoms with Gasteiger partial charge in [0.05, 0.1) is 11.4 Å². The molecule has 0 atom stereocenters. The maximum Gasteiger partial charge on any atom is 0.238 e. The summed E-state index contributed by atoms with van der Waals surface area (Å²) in [5, 5.41) is 0.440. The van der Waals surface area contributed by atoms with Gasteiger partial charge < -0.3 is 9.32 Å². The Morgan fingerprint density at radius 1 is 1.18 bits per heavy atom. The first kappa shape index (κ1) is 16.6. The summed E-state index contributed by atoms with van der Waals surface area (Å²) >= 11 is 5.73. The Morgan fingerprint density at radius 2 is 1.82 bits per heavy atom. The Bertz CT molecular complexity index is 765. The number of furan rings is 1. The second-order valence-corrected chi connectivity index (χ2v) is 7.40. The molecule has 1 aromatic heterocycles. The van der Waals surface area contributed by atoms with Gasteiger partial charge in [0.25, 0.3) is 0 Å². The minimum absolute atomic E-state index is 0.0764. The van der Waals surface area contributed by atoms with Gasteiger partial charge in [0.2, 0.25) is 5.91 Å². The van der Waals surface area contributed by atoms with Gasteiger partial charge in [0, 0.05) is 12.1 Å². The Labute approximate surface area is 134 Å². The van der Waals surface area contributed by atoms with Crippen LogP contribution in [0.5, 0.6) is 0 Å². The van der Waals surface area contributed by atoms with Crippen molar-refractivity contribution in [1.82, 2.24) is 4.90 Å². The maximum absolute atomic E-state index is 12.2. The minimum Gasteiger partial charge on any atom is -0.464 e.